The topological polar surface area (TPSA) is 99.0 Å². The number of alkyl halides is 3. The third-order valence-electron chi connectivity index (χ3n) is 3.49. The zero-order valence-corrected chi connectivity index (χ0v) is 17.1. The molecule has 8 nitrogen and oxygen atoms in total. The van der Waals surface area contributed by atoms with E-state index in [1.54, 1.807) is 30.3 Å². The Hall–Kier alpha value is -2.55. The van der Waals surface area contributed by atoms with Crippen LogP contribution in [0.5, 0.6) is 0 Å². The van der Waals surface area contributed by atoms with E-state index >= 15 is 0 Å². The second kappa shape index (κ2) is 10.3. The number of nitro benzene ring substituents is 1. The number of ether oxygens (including phenoxy) is 2. The molecular weight excluding hydrogens is 447 g/mol. The molecule has 2 rings (SSSR count). The lowest BCUT2D eigenvalue weighted by atomic mass is 10.2. The number of amides is 2. The molecule has 2 amide bonds. The average molecular weight is 462 g/mol. The second-order valence-corrected chi connectivity index (χ2v) is 8.24. The summed E-state index contributed by atoms with van der Waals surface area (Å²) in [6.45, 7) is -0.893. The summed E-state index contributed by atoms with van der Waals surface area (Å²) in [6.07, 6.45) is -2.03. The smallest absolute Gasteiger partial charge is 0.419 e. The number of nitrogens with zero attached hydrogens (tertiary/aromatic N) is 2. The van der Waals surface area contributed by atoms with E-state index in [9.17, 15) is 19.7 Å². The van der Waals surface area contributed by atoms with E-state index in [1.807, 2.05) is 0 Å². The highest BCUT2D eigenvalue weighted by Crippen LogP contribution is 2.26. The number of imide groups is 1. The monoisotopic (exact) mass is 460 g/mol. The number of halogens is 3. The van der Waals surface area contributed by atoms with E-state index in [0.29, 0.717) is 11.1 Å². The van der Waals surface area contributed by atoms with E-state index in [1.165, 1.54) is 24.3 Å². The van der Waals surface area contributed by atoms with Crippen molar-refractivity contribution >= 4 is 52.7 Å². The molecule has 0 unspecified atom stereocenters. The largest absolute Gasteiger partial charge is 0.444 e. The molecule has 0 fully saturated rings. The number of rotatable bonds is 6. The normalized spacial score (nSPS) is 10.9. The van der Waals surface area contributed by atoms with Crippen molar-refractivity contribution in [1.29, 1.82) is 0 Å². The van der Waals surface area contributed by atoms with E-state index in [2.05, 4.69) is 0 Å². The van der Waals surface area contributed by atoms with Crippen molar-refractivity contribution in [3.63, 3.8) is 0 Å². The highest BCUT2D eigenvalue weighted by Gasteiger charge is 2.29. The zero-order chi connectivity index (χ0) is 21.4. The van der Waals surface area contributed by atoms with Gasteiger partial charge in [-0.3, -0.25) is 10.1 Å². The molecule has 0 aliphatic heterocycles. The predicted molar refractivity (Wildman–Crippen MR) is 107 cm³/mol. The lowest BCUT2D eigenvalue weighted by Gasteiger charge is -2.21. The summed E-state index contributed by atoms with van der Waals surface area (Å²) in [5.41, 5.74) is 1.05. The van der Waals surface area contributed by atoms with Crippen LogP contribution in [0.15, 0.2) is 54.6 Å². The maximum atomic E-state index is 12.5. The van der Waals surface area contributed by atoms with Crippen LogP contribution < -0.4 is 0 Å². The maximum absolute atomic E-state index is 12.5. The van der Waals surface area contributed by atoms with Crippen LogP contribution in [-0.4, -0.2) is 32.4 Å². The number of nitro groups is 1. The van der Waals surface area contributed by atoms with Gasteiger partial charge in [0.1, 0.15) is 13.2 Å². The number of non-ortho nitro benzene ring substituents is 1. The SMILES string of the molecule is O=C(OCc1ccc([N+](=O)[O-])cc1)N(Cc1ccccc1)C(=O)OCC(Cl)(Cl)Cl. The summed E-state index contributed by atoms with van der Waals surface area (Å²) in [5, 5.41) is 10.7. The van der Waals surface area contributed by atoms with E-state index < -0.39 is 27.5 Å². The van der Waals surface area contributed by atoms with Gasteiger partial charge in [0.25, 0.3) is 5.69 Å². The van der Waals surface area contributed by atoms with Crippen LogP contribution >= 0.6 is 34.8 Å². The molecule has 29 heavy (non-hydrogen) atoms. The molecule has 0 bridgehead atoms. The fourth-order valence-corrected chi connectivity index (χ4v) is 2.29. The molecule has 0 atom stereocenters. The Balaban J connectivity index is 2.06. The highest BCUT2D eigenvalue weighted by molar-refractivity contribution is 6.67. The first kappa shape index (κ1) is 22.7. The Morgan fingerprint density at radius 1 is 0.931 bits per heavy atom. The van der Waals surface area contributed by atoms with Crippen LogP contribution in [0.25, 0.3) is 0 Å². The van der Waals surface area contributed by atoms with Gasteiger partial charge in [-0.2, -0.15) is 0 Å². The molecule has 0 radical (unpaired) electrons. The van der Waals surface area contributed by atoms with Crippen molar-refractivity contribution in [3.05, 3.63) is 75.8 Å². The van der Waals surface area contributed by atoms with Gasteiger partial charge in [-0.05, 0) is 23.3 Å². The Morgan fingerprint density at radius 3 is 2.07 bits per heavy atom. The average Bonchev–Trinajstić information content (AvgIpc) is 2.69. The molecule has 0 aliphatic carbocycles. The molecule has 0 heterocycles. The van der Waals surface area contributed by atoms with Crippen LogP contribution in [0, 0.1) is 10.1 Å². The Morgan fingerprint density at radius 2 is 1.52 bits per heavy atom. The molecule has 0 saturated carbocycles. The quantitative estimate of drug-likeness (QED) is 0.331. The second-order valence-electron chi connectivity index (χ2n) is 5.72. The summed E-state index contributed by atoms with van der Waals surface area (Å²) in [7, 11) is 0. The van der Waals surface area contributed by atoms with Crippen LogP contribution in [0.4, 0.5) is 15.3 Å². The fraction of sp³-hybridized carbons (Fsp3) is 0.222. The number of hydrogen-bond donors (Lipinski definition) is 0. The first-order valence-corrected chi connectivity index (χ1v) is 9.24. The van der Waals surface area contributed by atoms with Gasteiger partial charge < -0.3 is 9.47 Å². The first-order chi connectivity index (χ1) is 13.7. The van der Waals surface area contributed by atoms with Gasteiger partial charge >= 0.3 is 12.2 Å². The number of carbonyl (C=O) groups is 2. The Kier molecular flexibility index (Phi) is 8.07. The van der Waals surface area contributed by atoms with Crippen LogP contribution in [-0.2, 0) is 22.6 Å². The third kappa shape index (κ3) is 7.77. The lowest BCUT2D eigenvalue weighted by molar-refractivity contribution is -0.384. The molecule has 11 heteroatoms. The van der Waals surface area contributed by atoms with Crippen molar-refractivity contribution in [2.75, 3.05) is 6.61 Å². The third-order valence-corrected chi connectivity index (χ3v) is 3.82. The summed E-state index contributed by atoms with van der Waals surface area (Å²) in [6, 6.07) is 14.1. The van der Waals surface area contributed by atoms with Crippen molar-refractivity contribution < 1.29 is 24.0 Å². The maximum Gasteiger partial charge on any atom is 0.419 e. The molecule has 0 N–H and O–H groups in total. The molecular formula is C18H15Cl3N2O6. The number of hydrogen-bond acceptors (Lipinski definition) is 6. The summed E-state index contributed by atoms with van der Waals surface area (Å²) in [4.78, 5) is 35.6. The van der Waals surface area contributed by atoms with E-state index in [-0.39, 0.29) is 18.8 Å². The summed E-state index contributed by atoms with van der Waals surface area (Å²) in [5.74, 6) is 0. The van der Waals surface area contributed by atoms with Crippen LogP contribution in [0.3, 0.4) is 0 Å². The minimum Gasteiger partial charge on any atom is -0.444 e. The minimum atomic E-state index is -1.84. The Labute approximate surface area is 181 Å². The van der Waals surface area contributed by atoms with Crippen LogP contribution in [0.2, 0.25) is 0 Å². The molecule has 154 valence electrons. The molecule has 0 aromatic heterocycles. The van der Waals surface area contributed by atoms with Gasteiger partial charge in [-0.15, -0.1) is 0 Å². The van der Waals surface area contributed by atoms with Gasteiger partial charge in [0.05, 0.1) is 11.5 Å². The highest BCUT2D eigenvalue weighted by atomic mass is 35.6. The number of benzene rings is 2. The fourth-order valence-electron chi connectivity index (χ4n) is 2.13. The first-order valence-electron chi connectivity index (χ1n) is 8.11. The van der Waals surface area contributed by atoms with Gasteiger partial charge in [0.2, 0.25) is 3.79 Å². The Bertz CT molecular complexity index is 856. The predicted octanol–water partition coefficient (Wildman–Crippen LogP) is 5.24. The molecule has 0 saturated heterocycles. The molecule has 0 aliphatic rings. The van der Waals surface area contributed by atoms with Crippen molar-refractivity contribution in [3.8, 4) is 0 Å². The lowest BCUT2D eigenvalue weighted by Crippen LogP contribution is -2.38. The van der Waals surface area contributed by atoms with Gasteiger partial charge in [-0.1, -0.05) is 65.1 Å². The zero-order valence-electron chi connectivity index (χ0n) is 14.8. The van der Waals surface area contributed by atoms with Gasteiger partial charge in [0, 0.05) is 12.1 Å². The molecule has 2 aromatic carbocycles. The van der Waals surface area contributed by atoms with Crippen molar-refractivity contribution in [2.45, 2.75) is 16.9 Å². The van der Waals surface area contributed by atoms with Gasteiger partial charge in [0.15, 0.2) is 0 Å². The van der Waals surface area contributed by atoms with Crippen molar-refractivity contribution in [2.24, 2.45) is 0 Å². The van der Waals surface area contributed by atoms with E-state index in [0.717, 1.165) is 4.90 Å². The van der Waals surface area contributed by atoms with Crippen LogP contribution in [0.1, 0.15) is 11.1 Å². The summed E-state index contributed by atoms with van der Waals surface area (Å²) < 4.78 is 8.17. The van der Waals surface area contributed by atoms with E-state index in [4.69, 9.17) is 44.3 Å². The minimum absolute atomic E-state index is 0.0962. The van der Waals surface area contributed by atoms with Gasteiger partial charge in [-0.25, -0.2) is 14.5 Å². The number of carbonyl (C=O) groups excluding carboxylic acids is 2. The summed E-state index contributed by atoms with van der Waals surface area (Å²) >= 11 is 16.7. The van der Waals surface area contributed by atoms with Crippen molar-refractivity contribution in [1.82, 2.24) is 4.90 Å². The molecule has 0 spiro atoms. The standard InChI is InChI=1S/C18H15Cl3N2O6/c19-18(20,21)12-29-17(25)22(10-13-4-2-1-3-5-13)16(24)28-11-14-6-8-15(9-7-14)23(26)27/h1-9H,10-12H2. The molecule has 2 aromatic rings.